The fraction of sp³-hybridized carbons (Fsp3) is 0.632. The van der Waals surface area contributed by atoms with Gasteiger partial charge in [-0.2, -0.15) is 9.29 Å². The van der Waals surface area contributed by atoms with E-state index in [1.54, 1.807) is 13.0 Å². The average Bonchev–Trinajstić information content (AvgIpc) is 3.41. The highest BCUT2D eigenvalue weighted by Gasteiger charge is 2.35. The molecule has 0 aliphatic carbocycles. The van der Waals surface area contributed by atoms with E-state index >= 15 is 0 Å². The van der Waals surface area contributed by atoms with E-state index in [1.807, 2.05) is 11.8 Å². The van der Waals surface area contributed by atoms with Crippen LogP contribution in [0.2, 0.25) is 0 Å². The second kappa shape index (κ2) is 8.74. The van der Waals surface area contributed by atoms with Crippen LogP contribution in [0.15, 0.2) is 15.5 Å². The zero-order valence-corrected chi connectivity index (χ0v) is 18.8. The van der Waals surface area contributed by atoms with Crippen molar-refractivity contribution >= 4 is 27.3 Å². The standard InChI is InChI=1S/C19H26N4O5S2/c1-3-17-20-18(21-28-17)15-12-16(13(2)29-15)30(25,26)23-6-4-14(5-7-23)19(24)22-8-10-27-11-9-22/h12,14H,3-11H2,1-2H3. The number of thiophene rings is 1. The minimum atomic E-state index is -3.64. The molecule has 2 fully saturated rings. The van der Waals surface area contributed by atoms with Gasteiger partial charge in [-0.3, -0.25) is 4.79 Å². The smallest absolute Gasteiger partial charge is 0.244 e. The Morgan fingerprint density at radius 1 is 1.23 bits per heavy atom. The molecule has 2 aliphatic heterocycles. The lowest BCUT2D eigenvalue weighted by atomic mass is 9.96. The van der Waals surface area contributed by atoms with Gasteiger partial charge < -0.3 is 14.2 Å². The number of carbonyl (C=O) groups is 1. The van der Waals surface area contributed by atoms with E-state index in [2.05, 4.69) is 10.1 Å². The molecule has 0 radical (unpaired) electrons. The molecule has 164 valence electrons. The van der Waals surface area contributed by atoms with Crippen LogP contribution >= 0.6 is 11.3 Å². The Labute approximate surface area is 180 Å². The predicted octanol–water partition coefficient (Wildman–Crippen LogP) is 1.93. The summed E-state index contributed by atoms with van der Waals surface area (Å²) >= 11 is 1.34. The first kappa shape index (κ1) is 21.4. The Morgan fingerprint density at radius 3 is 2.57 bits per heavy atom. The third-order valence-electron chi connectivity index (χ3n) is 5.61. The summed E-state index contributed by atoms with van der Waals surface area (Å²) in [7, 11) is -3.64. The van der Waals surface area contributed by atoms with Gasteiger partial charge >= 0.3 is 0 Å². The summed E-state index contributed by atoms with van der Waals surface area (Å²) in [5.41, 5.74) is 0. The second-order valence-electron chi connectivity index (χ2n) is 7.51. The molecular weight excluding hydrogens is 428 g/mol. The van der Waals surface area contributed by atoms with Crippen molar-refractivity contribution in [1.29, 1.82) is 0 Å². The first-order valence-corrected chi connectivity index (χ1v) is 12.5. The summed E-state index contributed by atoms with van der Waals surface area (Å²) in [4.78, 5) is 20.5. The largest absolute Gasteiger partial charge is 0.378 e. The molecule has 1 amide bonds. The molecule has 0 saturated carbocycles. The molecule has 4 heterocycles. The number of amides is 1. The minimum absolute atomic E-state index is 0.119. The van der Waals surface area contributed by atoms with E-state index in [0.717, 1.165) is 0 Å². The van der Waals surface area contributed by atoms with Gasteiger partial charge in [0.15, 0.2) is 0 Å². The van der Waals surface area contributed by atoms with E-state index in [0.29, 0.717) is 80.1 Å². The van der Waals surface area contributed by atoms with Gasteiger partial charge in [0.05, 0.1) is 23.0 Å². The third-order valence-corrected chi connectivity index (χ3v) is 8.81. The quantitative estimate of drug-likeness (QED) is 0.679. The SMILES string of the molecule is CCc1nc(-c2cc(S(=O)(=O)N3CCC(C(=O)N4CCOCC4)CC3)c(C)s2)no1. The summed E-state index contributed by atoms with van der Waals surface area (Å²) in [5.74, 6) is 0.928. The Morgan fingerprint density at radius 2 is 1.93 bits per heavy atom. The summed E-state index contributed by atoms with van der Waals surface area (Å²) in [5, 5.41) is 3.94. The normalized spacial score (nSPS) is 19.3. The van der Waals surface area contributed by atoms with Crippen molar-refractivity contribution in [2.24, 2.45) is 5.92 Å². The van der Waals surface area contributed by atoms with Crippen LogP contribution in [0, 0.1) is 12.8 Å². The third kappa shape index (κ3) is 4.16. The number of aryl methyl sites for hydroxylation is 2. The molecule has 4 rings (SSSR count). The summed E-state index contributed by atoms with van der Waals surface area (Å²) in [6.45, 7) is 6.76. The van der Waals surface area contributed by atoms with E-state index in [4.69, 9.17) is 9.26 Å². The van der Waals surface area contributed by atoms with Gasteiger partial charge in [0.1, 0.15) is 0 Å². The Kier molecular flexibility index (Phi) is 6.24. The number of hydrogen-bond donors (Lipinski definition) is 0. The van der Waals surface area contributed by atoms with Gasteiger partial charge in [0.25, 0.3) is 0 Å². The van der Waals surface area contributed by atoms with Gasteiger partial charge in [-0.15, -0.1) is 11.3 Å². The van der Waals surface area contributed by atoms with E-state index < -0.39 is 10.0 Å². The number of piperidine rings is 1. The highest BCUT2D eigenvalue weighted by Crippen LogP contribution is 2.35. The lowest BCUT2D eigenvalue weighted by Gasteiger charge is -2.35. The number of sulfonamides is 1. The zero-order valence-electron chi connectivity index (χ0n) is 17.2. The van der Waals surface area contributed by atoms with Crippen molar-refractivity contribution in [3.8, 4) is 10.7 Å². The Bertz CT molecular complexity index is 1000. The number of nitrogens with zero attached hydrogens (tertiary/aromatic N) is 4. The molecule has 0 bridgehead atoms. The number of hydrogen-bond acceptors (Lipinski definition) is 8. The summed E-state index contributed by atoms with van der Waals surface area (Å²) in [6, 6.07) is 1.63. The van der Waals surface area contributed by atoms with Crippen LogP contribution in [0.3, 0.4) is 0 Å². The number of morpholine rings is 1. The Balaban J connectivity index is 1.45. The van der Waals surface area contributed by atoms with Gasteiger partial charge in [-0.05, 0) is 25.8 Å². The maximum atomic E-state index is 13.2. The number of ether oxygens (including phenoxy) is 1. The molecule has 2 aromatic rings. The topological polar surface area (TPSA) is 106 Å². The van der Waals surface area contributed by atoms with Crippen molar-refractivity contribution in [3.05, 3.63) is 16.8 Å². The first-order chi connectivity index (χ1) is 14.4. The van der Waals surface area contributed by atoms with Crippen LogP contribution in [0.25, 0.3) is 10.7 Å². The van der Waals surface area contributed by atoms with E-state index in [1.165, 1.54) is 15.6 Å². The van der Waals surface area contributed by atoms with Crippen molar-refractivity contribution in [2.75, 3.05) is 39.4 Å². The molecule has 0 N–H and O–H groups in total. The average molecular weight is 455 g/mol. The highest BCUT2D eigenvalue weighted by molar-refractivity contribution is 7.89. The summed E-state index contributed by atoms with van der Waals surface area (Å²) < 4.78 is 38.4. The number of aromatic nitrogens is 2. The van der Waals surface area contributed by atoms with E-state index in [9.17, 15) is 13.2 Å². The zero-order chi connectivity index (χ0) is 21.3. The number of carbonyl (C=O) groups excluding carboxylic acids is 1. The van der Waals surface area contributed by atoms with E-state index in [-0.39, 0.29) is 16.7 Å². The predicted molar refractivity (Wildman–Crippen MR) is 111 cm³/mol. The molecule has 0 aromatic carbocycles. The molecule has 0 atom stereocenters. The van der Waals surface area contributed by atoms with Crippen LogP contribution in [-0.2, 0) is 26.0 Å². The Hall–Kier alpha value is -1.82. The molecular formula is C19H26N4O5S2. The van der Waals surface area contributed by atoms with Crippen LogP contribution in [0.4, 0.5) is 0 Å². The van der Waals surface area contributed by atoms with Gasteiger partial charge in [0, 0.05) is 43.4 Å². The maximum absolute atomic E-state index is 13.2. The van der Waals surface area contributed by atoms with Crippen molar-refractivity contribution in [3.63, 3.8) is 0 Å². The van der Waals surface area contributed by atoms with Crippen LogP contribution in [-0.4, -0.2) is 73.1 Å². The van der Waals surface area contributed by atoms with Crippen molar-refractivity contribution in [1.82, 2.24) is 19.3 Å². The molecule has 2 saturated heterocycles. The van der Waals surface area contributed by atoms with Crippen LogP contribution in [0.1, 0.15) is 30.5 Å². The van der Waals surface area contributed by atoms with Crippen molar-refractivity contribution < 1.29 is 22.5 Å². The number of rotatable bonds is 5. The molecule has 9 nitrogen and oxygen atoms in total. The van der Waals surface area contributed by atoms with Gasteiger partial charge in [0.2, 0.25) is 27.6 Å². The lowest BCUT2D eigenvalue weighted by molar-refractivity contribution is -0.140. The maximum Gasteiger partial charge on any atom is 0.244 e. The molecule has 30 heavy (non-hydrogen) atoms. The minimum Gasteiger partial charge on any atom is -0.378 e. The summed E-state index contributed by atoms with van der Waals surface area (Å²) in [6.07, 6.45) is 1.70. The van der Waals surface area contributed by atoms with Gasteiger partial charge in [-0.25, -0.2) is 8.42 Å². The van der Waals surface area contributed by atoms with Crippen molar-refractivity contribution in [2.45, 2.75) is 38.0 Å². The first-order valence-electron chi connectivity index (χ1n) is 10.2. The van der Waals surface area contributed by atoms with Crippen LogP contribution in [0.5, 0.6) is 0 Å². The van der Waals surface area contributed by atoms with Crippen LogP contribution < -0.4 is 0 Å². The highest BCUT2D eigenvalue weighted by atomic mass is 32.2. The fourth-order valence-electron chi connectivity index (χ4n) is 3.85. The fourth-order valence-corrected chi connectivity index (χ4v) is 6.81. The molecule has 0 spiro atoms. The molecule has 0 unspecified atom stereocenters. The lowest BCUT2D eigenvalue weighted by Crippen LogP contribution is -2.47. The molecule has 2 aliphatic rings. The second-order valence-corrected chi connectivity index (χ2v) is 10.7. The van der Waals surface area contributed by atoms with Gasteiger partial charge in [-0.1, -0.05) is 12.1 Å². The molecule has 11 heteroatoms. The monoisotopic (exact) mass is 454 g/mol. The molecule has 2 aromatic heterocycles.